The van der Waals surface area contributed by atoms with Crippen LogP contribution in [0.4, 0.5) is 0 Å². The van der Waals surface area contributed by atoms with Crippen LogP contribution in [0.3, 0.4) is 0 Å². The molecule has 1 aromatic rings. The van der Waals surface area contributed by atoms with Gasteiger partial charge in [-0.25, -0.2) is 0 Å². The first-order valence-electron chi connectivity index (χ1n) is 7.45. The van der Waals surface area contributed by atoms with E-state index in [9.17, 15) is 9.59 Å². The van der Waals surface area contributed by atoms with Crippen LogP contribution in [0, 0.1) is 0 Å². The summed E-state index contributed by atoms with van der Waals surface area (Å²) in [4.78, 5) is 24.1. The molecule has 3 N–H and O–H groups in total. The zero-order chi connectivity index (χ0) is 15.7. The zero-order valence-corrected chi connectivity index (χ0v) is 12.7. The van der Waals surface area contributed by atoms with Crippen molar-refractivity contribution in [3.8, 4) is 5.75 Å². The molecule has 2 aliphatic rings. The second kappa shape index (κ2) is 5.71. The molecule has 0 bridgehead atoms. The molecule has 2 amide bonds. The maximum atomic E-state index is 12.2. The Morgan fingerprint density at radius 2 is 2.23 bits per heavy atom. The number of hydrogen-bond donors (Lipinski definition) is 3. The molecular weight excluding hydrogens is 282 g/mol. The number of carbonyl (C=O) groups is 2. The lowest BCUT2D eigenvalue weighted by atomic mass is 9.98. The fourth-order valence-corrected chi connectivity index (χ4v) is 2.45. The number of rotatable bonds is 3. The van der Waals surface area contributed by atoms with Crippen molar-refractivity contribution in [2.75, 3.05) is 6.67 Å². The molecule has 1 atom stereocenters. The molecule has 116 valence electrons. The van der Waals surface area contributed by atoms with Crippen molar-refractivity contribution in [1.82, 2.24) is 16.0 Å². The predicted molar refractivity (Wildman–Crippen MR) is 81.2 cm³/mol. The first-order valence-corrected chi connectivity index (χ1v) is 7.45. The number of hydrogen-bond acceptors (Lipinski definition) is 4. The third-order valence-electron chi connectivity index (χ3n) is 3.94. The molecule has 1 aromatic carbocycles. The van der Waals surface area contributed by atoms with E-state index in [1.54, 1.807) is 18.2 Å². The van der Waals surface area contributed by atoms with E-state index in [0.717, 1.165) is 12.0 Å². The number of nitrogens with one attached hydrogen (secondary N) is 3. The first kappa shape index (κ1) is 14.4. The Morgan fingerprint density at radius 3 is 3.00 bits per heavy atom. The molecule has 0 spiro atoms. The van der Waals surface area contributed by atoms with Crippen molar-refractivity contribution < 1.29 is 14.3 Å². The van der Waals surface area contributed by atoms with Gasteiger partial charge in [-0.1, -0.05) is 6.92 Å². The Labute approximate surface area is 128 Å². The summed E-state index contributed by atoms with van der Waals surface area (Å²) in [6.07, 6.45) is 1.33. The first-order chi connectivity index (χ1) is 10.6. The summed E-state index contributed by atoms with van der Waals surface area (Å²) in [6.45, 7) is 4.35. The van der Waals surface area contributed by atoms with Gasteiger partial charge in [0.25, 0.3) is 11.8 Å². The van der Waals surface area contributed by atoms with Gasteiger partial charge < -0.3 is 20.7 Å². The molecule has 0 radical (unpaired) electrons. The molecule has 6 nitrogen and oxygen atoms in total. The van der Waals surface area contributed by atoms with Crippen molar-refractivity contribution in [1.29, 1.82) is 0 Å². The lowest BCUT2D eigenvalue weighted by Crippen LogP contribution is -2.44. The number of benzene rings is 1. The van der Waals surface area contributed by atoms with Crippen LogP contribution in [0.25, 0.3) is 0 Å². The van der Waals surface area contributed by atoms with E-state index in [0.29, 0.717) is 35.9 Å². The van der Waals surface area contributed by atoms with Crippen LogP contribution >= 0.6 is 0 Å². The monoisotopic (exact) mass is 301 g/mol. The molecule has 0 aliphatic carbocycles. The van der Waals surface area contributed by atoms with Crippen molar-refractivity contribution in [2.45, 2.75) is 32.7 Å². The number of fused-ring (bicyclic) bond motifs is 1. The Balaban J connectivity index is 1.84. The van der Waals surface area contributed by atoms with Crippen LogP contribution in [0.5, 0.6) is 5.75 Å². The van der Waals surface area contributed by atoms with E-state index < -0.39 is 0 Å². The van der Waals surface area contributed by atoms with Gasteiger partial charge in [-0.3, -0.25) is 9.59 Å². The van der Waals surface area contributed by atoms with Gasteiger partial charge in [-0.05, 0) is 31.5 Å². The summed E-state index contributed by atoms with van der Waals surface area (Å²) in [5.74, 6) is 0.950. The fourth-order valence-electron chi connectivity index (χ4n) is 2.45. The lowest BCUT2D eigenvalue weighted by molar-refractivity contribution is -0.118. The average Bonchev–Trinajstić information content (AvgIpc) is 2.53. The Morgan fingerprint density at radius 1 is 1.41 bits per heavy atom. The number of carbonyl (C=O) groups excluding carboxylic acids is 2. The van der Waals surface area contributed by atoms with E-state index in [-0.39, 0.29) is 17.9 Å². The van der Waals surface area contributed by atoms with E-state index in [1.165, 1.54) is 0 Å². The van der Waals surface area contributed by atoms with Gasteiger partial charge in [0.2, 0.25) is 5.88 Å². The highest BCUT2D eigenvalue weighted by Gasteiger charge is 2.28. The Kier molecular flexibility index (Phi) is 3.75. The molecule has 22 heavy (non-hydrogen) atoms. The normalized spacial score (nSPS) is 17.5. The predicted octanol–water partition coefficient (Wildman–Crippen LogP) is 1.04. The third kappa shape index (κ3) is 2.64. The van der Waals surface area contributed by atoms with Crippen LogP contribution in [0.1, 0.15) is 36.2 Å². The minimum atomic E-state index is -0.131. The molecule has 0 saturated carbocycles. The molecule has 2 heterocycles. The molecule has 3 rings (SSSR count). The van der Waals surface area contributed by atoms with Gasteiger partial charge in [-0.15, -0.1) is 0 Å². The van der Waals surface area contributed by atoms with Gasteiger partial charge in [0.1, 0.15) is 5.75 Å². The minimum Gasteiger partial charge on any atom is -0.441 e. The smallest absolute Gasteiger partial charge is 0.254 e. The molecule has 0 aromatic heterocycles. The summed E-state index contributed by atoms with van der Waals surface area (Å²) in [6, 6.07) is 5.44. The van der Waals surface area contributed by atoms with Crippen molar-refractivity contribution in [2.24, 2.45) is 0 Å². The molecular formula is C16H19N3O3. The molecule has 2 aliphatic heterocycles. The summed E-state index contributed by atoms with van der Waals surface area (Å²) in [5, 5.41) is 8.66. The SMILES string of the molecule is CCC(C)NC(=O)c1ccc2c(c1)CC1=C(NCNC1=O)O2. The highest BCUT2D eigenvalue weighted by Crippen LogP contribution is 2.31. The number of ether oxygens (including phenoxy) is 1. The van der Waals surface area contributed by atoms with E-state index in [2.05, 4.69) is 16.0 Å². The fraction of sp³-hybridized carbons (Fsp3) is 0.375. The van der Waals surface area contributed by atoms with Crippen molar-refractivity contribution >= 4 is 11.8 Å². The average molecular weight is 301 g/mol. The van der Waals surface area contributed by atoms with E-state index in [1.807, 2.05) is 13.8 Å². The van der Waals surface area contributed by atoms with E-state index >= 15 is 0 Å². The van der Waals surface area contributed by atoms with Crippen LogP contribution < -0.4 is 20.7 Å². The second-order valence-corrected chi connectivity index (χ2v) is 5.55. The standard InChI is InChI=1S/C16H19N3O3/c1-3-9(2)19-14(20)10-4-5-13-11(6-10)7-12-15(21)17-8-18-16(12)22-13/h4-6,9,18H,3,7-8H2,1-2H3,(H,17,21)(H,19,20). The van der Waals surface area contributed by atoms with Crippen LogP contribution in [0.2, 0.25) is 0 Å². The van der Waals surface area contributed by atoms with Crippen LogP contribution in [-0.2, 0) is 11.2 Å². The van der Waals surface area contributed by atoms with Crippen LogP contribution in [0.15, 0.2) is 29.7 Å². The minimum absolute atomic E-state index is 0.108. The van der Waals surface area contributed by atoms with Crippen molar-refractivity contribution in [3.63, 3.8) is 0 Å². The molecule has 1 unspecified atom stereocenters. The van der Waals surface area contributed by atoms with E-state index in [4.69, 9.17) is 4.74 Å². The second-order valence-electron chi connectivity index (χ2n) is 5.55. The maximum Gasteiger partial charge on any atom is 0.254 e. The quantitative estimate of drug-likeness (QED) is 0.779. The molecule has 0 fully saturated rings. The molecule has 6 heteroatoms. The number of amides is 2. The van der Waals surface area contributed by atoms with Gasteiger partial charge >= 0.3 is 0 Å². The summed E-state index contributed by atoms with van der Waals surface area (Å²) < 4.78 is 5.72. The highest BCUT2D eigenvalue weighted by atomic mass is 16.5. The molecule has 0 saturated heterocycles. The lowest BCUT2D eigenvalue weighted by Gasteiger charge is -2.27. The largest absolute Gasteiger partial charge is 0.441 e. The summed E-state index contributed by atoms with van der Waals surface area (Å²) in [7, 11) is 0. The third-order valence-corrected chi connectivity index (χ3v) is 3.94. The van der Waals surface area contributed by atoms with Gasteiger partial charge in [-0.2, -0.15) is 0 Å². The summed E-state index contributed by atoms with van der Waals surface area (Å²) >= 11 is 0. The summed E-state index contributed by atoms with van der Waals surface area (Å²) in [5.41, 5.74) is 1.99. The Bertz CT molecular complexity index is 667. The zero-order valence-electron chi connectivity index (χ0n) is 12.7. The van der Waals surface area contributed by atoms with Gasteiger partial charge in [0.05, 0.1) is 12.2 Å². The maximum absolute atomic E-state index is 12.2. The Hall–Kier alpha value is -2.50. The highest BCUT2D eigenvalue weighted by molar-refractivity contribution is 5.97. The van der Waals surface area contributed by atoms with Crippen LogP contribution in [-0.4, -0.2) is 24.5 Å². The van der Waals surface area contributed by atoms with Gasteiger partial charge in [0, 0.05) is 23.6 Å². The van der Waals surface area contributed by atoms with Crippen molar-refractivity contribution in [3.05, 3.63) is 40.8 Å². The van der Waals surface area contributed by atoms with Gasteiger partial charge in [0.15, 0.2) is 0 Å². The topological polar surface area (TPSA) is 79.5 Å².